The van der Waals surface area contributed by atoms with E-state index in [1.165, 1.54) is 10.4 Å². The number of carbonyl (C=O) groups excluding carboxylic acids is 1. The molecule has 158 valence electrons. The summed E-state index contributed by atoms with van der Waals surface area (Å²) in [6.45, 7) is 8.89. The number of hydrogen-bond acceptors (Lipinski definition) is 7. The number of morpholine rings is 1. The lowest BCUT2D eigenvalue weighted by Gasteiger charge is -2.25. The van der Waals surface area contributed by atoms with Crippen molar-refractivity contribution in [2.24, 2.45) is 5.73 Å². The lowest BCUT2D eigenvalue weighted by atomic mass is 10.2. The monoisotopic (exact) mass is 426 g/mol. The molecule has 2 aromatic heterocycles. The summed E-state index contributed by atoms with van der Waals surface area (Å²) in [5.74, 6) is 1.69. The molecule has 9 heteroatoms. The number of anilines is 2. The number of hydrogen-bond donors (Lipinski definition) is 3. The number of ether oxygens (including phenoxy) is 1. The molecule has 1 fully saturated rings. The molecule has 1 aromatic carbocycles. The number of primary amides is 1. The van der Waals surface area contributed by atoms with Gasteiger partial charge < -0.3 is 21.1 Å². The molecule has 30 heavy (non-hydrogen) atoms. The van der Waals surface area contributed by atoms with Crippen LogP contribution in [0.25, 0.3) is 10.2 Å². The molecule has 1 aliphatic heterocycles. The van der Waals surface area contributed by atoms with E-state index in [4.69, 9.17) is 20.4 Å². The third-order valence-corrected chi connectivity index (χ3v) is 6.33. The molecule has 0 aliphatic carbocycles. The van der Waals surface area contributed by atoms with Crippen molar-refractivity contribution in [2.75, 3.05) is 36.9 Å². The molecule has 1 aliphatic rings. The van der Waals surface area contributed by atoms with Crippen LogP contribution in [0, 0.1) is 13.8 Å². The molecule has 4 rings (SSSR count). The van der Waals surface area contributed by atoms with Gasteiger partial charge >= 0.3 is 6.03 Å². The average Bonchev–Trinajstić information content (AvgIpc) is 3.01. The molecule has 0 radical (unpaired) electrons. The zero-order valence-corrected chi connectivity index (χ0v) is 18.0. The smallest absolute Gasteiger partial charge is 0.316 e. The van der Waals surface area contributed by atoms with Gasteiger partial charge in [-0.05, 0) is 37.1 Å². The Balaban J connectivity index is 1.55. The van der Waals surface area contributed by atoms with Crippen LogP contribution in [0.2, 0.25) is 0 Å². The minimum Gasteiger partial charge on any atom is -0.379 e. The fraction of sp³-hybridized carbons (Fsp3) is 0.381. The number of aryl methyl sites for hydroxylation is 2. The number of nitrogens with one attached hydrogen (secondary N) is 2. The molecule has 0 spiro atoms. The van der Waals surface area contributed by atoms with Crippen molar-refractivity contribution >= 4 is 39.1 Å². The summed E-state index contributed by atoms with van der Waals surface area (Å²) in [6.07, 6.45) is 0. The maximum atomic E-state index is 11.0. The van der Waals surface area contributed by atoms with Crippen molar-refractivity contribution in [3.8, 4) is 0 Å². The van der Waals surface area contributed by atoms with E-state index in [0.717, 1.165) is 60.3 Å². The van der Waals surface area contributed by atoms with Crippen LogP contribution in [0.3, 0.4) is 0 Å². The summed E-state index contributed by atoms with van der Waals surface area (Å²) >= 11 is 1.71. The van der Waals surface area contributed by atoms with Gasteiger partial charge in [0.1, 0.15) is 16.5 Å². The normalized spacial score (nSPS) is 14.7. The number of thiophene rings is 1. The molecular weight excluding hydrogens is 400 g/mol. The van der Waals surface area contributed by atoms with Gasteiger partial charge in [0, 0.05) is 30.2 Å². The van der Waals surface area contributed by atoms with Crippen LogP contribution in [0.4, 0.5) is 16.3 Å². The molecule has 0 saturated carbocycles. The van der Waals surface area contributed by atoms with E-state index >= 15 is 0 Å². The van der Waals surface area contributed by atoms with Gasteiger partial charge in [-0.15, -0.1) is 11.3 Å². The third kappa shape index (κ3) is 4.69. The highest BCUT2D eigenvalue weighted by Gasteiger charge is 2.17. The second kappa shape index (κ2) is 8.95. The van der Waals surface area contributed by atoms with Crippen molar-refractivity contribution in [1.82, 2.24) is 14.9 Å². The van der Waals surface area contributed by atoms with Gasteiger partial charge in [0.05, 0.1) is 25.1 Å². The Morgan fingerprint density at radius 2 is 1.93 bits per heavy atom. The predicted molar refractivity (Wildman–Crippen MR) is 120 cm³/mol. The number of benzene rings is 1. The van der Waals surface area contributed by atoms with Crippen LogP contribution in [0.5, 0.6) is 0 Å². The lowest BCUT2D eigenvalue weighted by molar-refractivity contribution is 0.0331. The maximum Gasteiger partial charge on any atom is 0.316 e. The number of carbonyl (C=O) groups is 1. The highest BCUT2D eigenvalue weighted by atomic mass is 32.1. The Kier molecular flexibility index (Phi) is 6.12. The zero-order valence-electron chi connectivity index (χ0n) is 17.2. The minimum absolute atomic E-state index is 0.569. The van der Waals surface area contributed by atoms with Crippen molar-refractivity contribution in [2.45, 2.75) is 26.9 Å². The lowest BCUT2D eigenvalue weighted by Crippen LogP contribution is -2.36. The van der Waals surface area contributed by atoms with E-state index in [9.17, 15) is 4.79 Å². The zero-order chi connectivity index (χ0) is 21.1. The molecule has 0 bridgehead atoms. The highest BCUT2D eigenvalue weighted by Crippen LogP contribution is 2.33. The van der Waals surface area contributed by atoms with Crippen LogP contribution in [0.1, 0.15) is 21.8 Å². The Bertz CT molecular complexity index is 1040. The standard InChI is InChI=1S/C21H26N6O2S/c1-13-14(2)30-20-18(13)19(25-17(26-20)12-27-7-9-29-10-8-27)23-11-15-3-5-16(6-4-15)24-21(22)28/h3-6H,7-12H2,1-2H3,(H3,22,24,28)(H,23,25,26). The van der Waals surface area contributed by atoms with Crippen LogP contribution in [-0.2, 0) is 17.8 Å². The molecule has 8 nitrogen and oxygen atoms in total. The van der Waals surface area contributed by atoms with E-state index in [-0.39, 0.29) is 0 Å². The Hall–Kier alpha value is -2.75. The van der Waals surface area contributed by atoms with Crippen molar-refractivity contribution in [3.05, 3.63) is 46.1 Å². The summed E-state index contributed by atoms with van der Waals surface area (Å²) in [6, 6.07) is 7.01. The van der Waals surface area contributed by atoms with Crippen LogP contribution in [0.15, 0.2) is 24.3 Å². The fourth-order valence-corrected chi connectivity index (χ4v) is 4.53. The molecular formula is C21H26N6O2S. The summed E-state index contributed by atoms with van der Waals surface area (Å²) in [5, 5.41) is 7.16. The number of aromatic nitrogens is 2. The predicted octanol–water partition coefficient (Wildman–Crippen LogP) is 3.24. The Labute approximate surface area is 179 Å². The number of fused-ring (bicyclic) bond motifs is 1. The summed E-state index contributed by atoms with van der Waals surface area (Å²) < 4.78 is 5.44. The van der Waals surface area contributed by atoms with Gasteiger partial charge in [-0.3, -0.25) is 4.90 Å². The largest absolute Gasteiger partial charge is 0.379 e. The number of amides is 2. The minimum atomic E-state index is -0.569. The van der Waals surface area contributed by atoms with E-state index in [1.807, 2.05) is 24.3 Å². The van der Waals surface area contributed by atoms with E-state index in [2.05, 4.69) is 29.4 Å². The van der Waals surface area contributed by atoms with Crippen LogP contribution >= 0.6 is 11.3 Å². The SMILES string of the molecule is Cc1sc2nc(CN3CCOCC3)nc(NCc3ccc(NC(N)=O)cc3)c2c1C. The quantitative estimate of drug-likeness (QED) is 0.559. The van der Waals surface area contributed by atoms with E-state index < -0.39 is 6.03 Å². The third-order valence-electron chi connectivity index (χ3n) is 5.23. The van der Waals surface area contributed by atoms with Crippen LogP contribution < -0.4 is 16.4 Å². The first-order valence-corrected chi connectivity index (χ1v) is 10.8. The number of rotatable bonds is 6. The van der Waals surface area contributed by atoms with Crippen molar-refractivity contribution in [3.63, 3.8) is 0 Å². The first-order valence-electron chi connectivity index (χ1n) is 9.95. The Morgan fingerprint density at radius 1 is 1.20 bits per heavy atom. The molecule has 2 amide bonds. The topological polar surface area (TPSA) is 105 Å². The second-order valence-electron chi connectivity index (χ2n) is 7.38. The first kappa shape index (κ1) is 20.5. The van der Waals surface area contributed by atoms with Gasteiger partial charge in [0.2, 0.25) is 0 Å². The summed E-state index contributed by atoms with van der Waals surface area (Å²) in [4.78, 5) is 25.3. The van der Waals surface area contributed by atoms with Gasteiger partial charge in [0.15, 0.2) is 0 Å². The van der Waals surface area contributed by atoms with Crippen LogP contribution in [-0.4, -0.2) is 47.2 Å². The number of nitrogens with zero attached hydrogens (tertiary/aromatic N) is 3. The first-order chi connectivity index (χ1) is 14.5. The van der Waals surface area contributed by atoms with Gasteiger partial charge in [-0.25, -0.2) is 14.8 Å². The maximum absolute atomic E-state index is 11.0. The molecule has 4 N–H and O–H groups in total. The molecule has 3 heterocycles. The second-order valence-corrected chi connectivity index (χ2v) is 8.58. The molecule has 3 aromatic rings. The summed E-state index contributed by atoms with van der Waals surface area (Å²) in [5.41, 5.74) is 8.13. The number of nitrogens with two attached hydrogens (primary N) is 1. The van der Waals surface area contributed by atoms with Gasteiger partial charge in [-0.2, -0.15) is 0 Å². The average molecular weight is 427 g/mol. The summed E-state index contributed by atoms with van der Waals surface area (Å²) in [7, 11) is 0. The van der Waals surface area contributed by atoms with E-state index in [0.29, 0.717) is 12.2 Å². The van der Waals surface area contributed by atoms with Gasteiger partial charge in [0.25, 0.3) is 0 Å². The van der Waals surface area contributed by atoms with Crippen molar-refractivity contribution < 1.29 is 9.53 Å². The van der Waals surface area contributed by atoms with Gasteiger partial charge in [-0.1, -0.05) is 12.1 Å². The molecule has 0 atom stereocenters. The van der Waals surface area contributed by atoms with Crippen molar-refractivity contribution in [1.29, 1.82) is 0 Å². The molecule has 0 unspecified atom stereocenters. The fourth-order valence-electron chi connectivity index (χ4n) is 3.49. The van der Waals surface area contributed by atoms with E-state index in [1.54, 1.807) is 11.3 Å². The molecule has 1 saturated heterocycles. The Morgan fingerprint density at radius 3 is 2.63 bits per heavy atom. The highest BCUT2D eigenvalue weighted by molar-refractivity contribution is 7.18. The number of urea groups is 1.